The van der Waals surface area contributed by atoms with Gasteiger partial charge in [0, 0.05) is 27.1 Å². The first kappa shape index (κ1) is 13.8. The van der Waals surface area contributed by atoms with Gasteiger partial charge in [-0.2, -0.15) is 0 Å². The summed E-state index contributed by atoms with van der Waals surface area (Å²) in [4.78, 5) is 26.0. The number of aryl methyl sites for hydroxylation is 1. The van der Waals surface area contributed by atoms with Crippen LogP contribution in [0.1, 0.15) is 18.1 Å². The summed E-state index contributed by atoms with van der Waals surface area (Å²) >= 11 is 0. The first-order valence-electron chi connectivity index (χ1n) is 7.60. The molecule has 3 aromatic rings. The Labute approximate surface area is 133 Å². The van der Waals surface area contributed by atoms with Crippen LogP contribution in [0.5, 0.6) is 0 Å². The van der Waals surface area contributed by atoms with Crippen molar-refractivity contribution in [1.82, 2.24) is 14.0 Å². The van der Waals surface area contributed by atoms with Gasteiger partial charge >= 0.3 is 5.69 Å². The van der Waals surface area contributed by atoms with Crippen molar-refractivity contribution in [3.63, 3.8) is 0 Å². The molecular weight excluding hydrogens is 290 g/mol. The van der Waals surface area contributed by atoms with E-state index in [9.17, 15) is 9.59 Å². The normalized spacial score (nSPS) is 13.6. The largest absolute Gasteiger partial charge is 0.334 e. The number of carbonyl (C=O) groups excluding carboxylic acids is 1. The molecule has 5 heteroatoms. The number of carbonyl (C=O) groups is 1. The highest BCUT2D eigenvalue weighted by atomic mass is 16.2. The molecule has 23 heavy (non-hydrogen) atoms. The number of imidazole rings is 1. The minimum Gasteiger partial charge on any atom is -0.334 e. The summed E-state index contributed by atoms with van der Waals surface area (Å²) in [5.74, 6) is 0.0741. The third kappa shape index (κ3) is 2.00. The van der Waals surface area contributed by atoms with Gasteiger partial charge in [0.25, 0.3) is 0 Å². The molecule has 0 aliphatic carbocycles. The third-order valence-corrected chi connectivity index (χ3v) is 4.58. The number of aromatic nitrogens is 2. The van der Waals surface area contributed by atoms with Gasteiger partial charge in [0.1, 0.15) is 0 Å². The Balaban J connectivity index is 1.88. The van der Waals surface area contributed by atoms with Crippen molar-refractivity contribution in [3.8, 4) is 5.69 Å². The quantitative estimate of drug-likeness (QED) is 0.692. The second-order valence-corrected chi connectivity index (χ2v) is 5.99. The summed E-state index contributed by atoms with van der Waals surface area (Å²) in [5.41, 5.74) is 4.84. The second kappa shape index (κ2) is 4.84. The number of fused-ring (bicyclic) bond motifs is 2. The van der Waals surface area contributed by atoms with Gasteiger partial charge in [-0.15, -0.1) is 0 Å². The number of amides is 1. The van der Waals surface area contributed by atoms with Crippen molar-refractivity contribution in [2.24, 2.45) is 7.05 Å². The van der Waals surface area contributed by atoms with E-state index in [1.165, 1.54) is 0 Å². The van der Waals surface area contributed by atoms with Crippen molar-refractivity contribution in [3.05, 3.63) is 64.1 Å². The molecule has 4 rings (SSSR count). The molecule has 0 atom stereocenters. The van der Waals surface area contributed by atoms with Gasteiger partial charge in [-0.25, -0.2) is 4.79 Å². The van der Waals surface area contributed by atoms with Crippen molar-refractivity contribution in [1.29, 1.82) is 0 Å². The van der Waals surface area contributed by atoms with Crippen LogP contribution < -0.4 is 5.69 Å². The molecule has 1 aliphatic heterocycles. The topological polar surface area (TPSA) is 47.2 Å². The Morgan fingerprint density at radius 3 is 2.43 bits per heavy atom. The van der Waals surface area contributed by atoms with Gasteiger partial charge in [0.05, 0.1) is 16.7 Å². The molecule has 0 unspecified atom stereocenters. The molecule has 1 aromatic heterocycles. The van der Waals surface area contributed by atoms with Crippen LogP contribution in [0.2, 0.25) is 0 Å². The molecule has 1 amide bonds. The maximum atomic E-state index is 12.6. The zero-order chi connectivity index (χ0) is 16.1. The van der Waals surface area contributed by atoms with Gasteiger partial charge in [-0.05, 0) is 35.4 Å². The Morgan fingerprint density at radius 1 is 1.00 bits per heavy atom. The summed E-state index contributed by atoms with van der Waals surface area (Å²) in [5, 5.41) is 0. The average molecular weight is 307 g/mol. The van der Waals surface area contributed by atoms with Crippen LogP contribution in [0.15, 0.2) is 47.3 Å². The highest BCUT2D eigenvalue weighted by molar-refractivity contribution is 5.78. The Kier molecular flexibility index (Phi) is 2.91. The number of hydrogen-bond donors (Lipinski definition) is 0. The van der Waals surface area contributed by atoms with Gasteiger partial charge in [-0.3, -0.25) is 13.9 Å². The predicted molar refractivity (Wildman–Crippen MR) is 88.4 cm³/mol. The third-order valence-electron chi connectivity index (χ3n) is 4.58. The fourth-order valence-electron chi connectivity index (χ4n) is 3.29. The fraction of sp³-hybridized carbons (Fsp3) is 0.222. The van der Waals surface area contributed by atoms with E-state index in [4.69, 9.17) is 0 Å². The predicted octanol–water partition coefficient (Wildman–Crippen LogP) is 2.19. The molecule has 2 aromatic carbocycles. The minimum absolute atomic E-state index is 0.0624. The van der Waals surface area contributed by atoms with E-state index in [1.54, 1.807) is 28.0 Å². The van der Waals surface area contributed by atoms with Crippen LogP contribution in [0, 0.1) is 0 Å². The zero-order valence-electron chi connectivity index (χ0n) is 13.1. The standard InChI is InChI=1S/C18H17N3O2/c1-12(22)20-10-13-7-8-15(9-14(13)11-20)21-17-6-4-3-5-16(17)19(2)18(21)23/h3-9H,10-11H2,1-2H3. The lowest BCUT2D eigenvalue weighted by atomic mass is 10.1. The molecule has 0 saturated heterocycles. The molecular formula is C18H17N3O2. The molecule has 0 saturated carbocycles. The summed E-state index contributed by atoms with van der Waals surface area (Å²) < 4.78 is 3.39. The maximum Gasteiger partial charge on any atom is 0.333 e. The van der Waals surface area contributed by atoms with Gasteiger partial charge in [0.2, 0.25) is 5.91 Å². The van der Waals surface area contributed by atoms with Gasteiger partial charge in [0.15, 0.2) is 0 Å². The molecule has 2 heterocycles. The number of nitrogens with zero attached hydrogens (tertiary/aromatic N) is 3. The number of para-hydroxylation sites is 2. The van der Waals surface area contributed by atoms with E-state index in [-0.39, 0.29) is 11.6 Å². The summed E-state index contributed by atoms with van der Waals surface area (Å²) in [6, 6.07) is 13.7. The molecule has 0 spiro atoms. The lowest BCUT2D eigenvalue weighted by Crippen LogP contribution is -2.21. The molecule has 1 aliphatic rings. The number of benzene rings is 2. The first-order chi connectivity index (χ1) is 11.1. The van der Waals surface area contributed by atoms with E-state index >= 15 is 0 Å². The van der Waals surface area contributed by atoms with Crippen LogP contribution in [-0.2, 0) is 24.9 Å². The van der Waals surface area contributed by atoms with Crippen molar-refractivity contribution in [2.45, 2.75) is 20.0 Å². The minimum atomic E-state index is -0.0624. The SMILES string of the molecule is CC(=O)N1Cc2ccc(-n3c(=O)n(C)c4ccccc43)cc2C1. The number of hydrogen-bond acceptors (Lipinski definition) is 2. The van der Waals surface area contributed by atoms with Gasteiger partial charge < -0.3 is 4.90 Å². The molecule has 5 nitrogen and oxygen atoms in total. The van der Waals surface area contributed by atoms with Crippen LogP contribution >= 0.6 is 0 Å². The summed E-state index contributed by atoms with van der Waals surface area (Å²) in [7, 11) is 1.78. The van der Waals surface area contributed by atoms with E-state index in [0.717, 1.165) is 27.8 Å². The Morgan fingerprint density at radius 2 is 1.70 bits per heavy atom. The fourth-order valence-corrected chi connectivity index (χ4v) is 3.29. The molecule has 0 bridgehead atoms. The Hall–Kier alpha value is -2.82. The average Bonchev–Trinajstić information content (AvgIpc) is 3.08. The Bertz CT molecular complexity index is 997. The zero-order valence-corrected chi connectivity index (χ0v) is 13.1. The van der Waals surface area contributed by atoms with Crippen LogP contribution in [0.4, 0.5) is 0 Å². The van der Waals surface area contributed by atoms with Gasteiger partial charge in [-0.1, -0.05) is 18.2 Å². The van der Waals surface area contributed by atoms with E-state index in [0.29, 0.717) is 13.1 Å². The molecule has 0 radical (unpaired) electrons. The highest BCUT2D eigenvalue weighted by Crippen LogP contribution is 2.26. The summed E-state index contributed by atoms with van der Waals surface area (Å²) in [6.07, 6.45) is 0. The first-order valence-corrected chi connectivity index (χ1v) is 7.60. The van der Waals surface area contributed by atoms with E-state index in [2.05, 4.69) is 0 Å². The van der Waals surface area contributed by atoms with E-state index < -0.39 is 0 Å². The van der Waals surface area contributed by atoms with Crippen LogP contribution in [-0.4, -0.2) is 19.9 Å². The second-order valence-electron chi connectivity index (χ2n) is 5.99. The monoisotopic (exact) mass is 307 g/mol. The van der Waals surface area contributed by atoms with Crippen molar-refractivity contribution in [2.75, 3.05) is 0 Å². The van der Waals surface area contributed by atoms with Crippen LogP contribution in [0.25, 0.3) is 16.7 Å². The van der Waals surface area contributed by atoms with Crippen LogP contribution in [0.3, 0.4) is 0 Å². The lowest BCUT2D eigenvalue weighted by Gasteiger charge is -2.11. The number of rotatable bonds is 1. The molecule has 0 fully saturated rings. The summed E-state index contributed by atoms with van der Waals surface area (Å²) in [6.45, 7) is 2.84. The van der Waals surface area contributed by atoms with Crippen molar-refractivity contribution < 1.29 is 4.79 Å². The molecule has 116 valence electrons. The highest BCUT2D eigenvalue weighted by Gasteiger charge is 2.22. The lowest BCUT2D eigenvalue weighted by molar-refractivity contribution is -0.129. The van der Waals surface area contributed by atoms with Crippen molar-refractivity contribution >= 4 is 16.9 Å². The maximum absolute atomic E-state index is 12.6. The molecule has 0 N–H and O–H groups in total. The van der Waals surface area contributed by atoms with E-state index in [1.807, 2.05) is 42.5 Å². The smallest absolute Gasteiger partial charge is 0.333 e.